The molecule has 0 aliphatic carbocycles. The number of amides is 2. The minimum atomic E-state index is -3.58. The lowest BCUT2D eigenvalue weighted by atomic mass is 10.1. The van der Waals surface area contributed by atoms with Crippen LogP contribution >= 0.6 is 0 Å². The standard InChI is InChI=1S/C19H19FN2O4S/c1-13(23)21-16-6-2-14(3-7-16)10-19(24)22-11-18(12-22)27(25,26)17-8-4-15(20)5-9-17/h2-9,18H,10-12H2,1H3,(H,21,23). The van der Waals surface area contributed by atoms with Crippen molar-refractivity contribution in [1.29, 1.82) is 0 Å². The Bertz CT molecular complexity index is 950. The number of hydrogen-bond acceptors (Lipinski definition) is 4. The fraction of sp³-hybridized carbons (Fsp3) is 0.263. The van der Waals surface area contributed by atoms with Crippen molar-refractivity contribution in [2.75, 3.05) is 18.4 Å². The highest BCUT2D eigenvalue weighted by Gasteiger charge is 2.40. The van der Waals surface area contributed by atoms with E-state index < -0.39 is 20.9 Å². The summed E-state index contributed by atoms with van der Waals surface area (Å²) in [5.74, 6) is -0.829. The zero-order valence-electron chi connectivity index (χ0n) is 14.7. The first-order valence-corrected chi connectivity index (χ1v) is 9.94. The van der Waals surface area contributed by atoms with Gasteiger partial charge in [-0.1, -0.05) is 12.1 Å². The first-order valence-electron chi connectivity index (χ1n) is 8.39. The number of rotatable bonds is 5. The molecule has 0 aromatic heterocycles. The molecule has 0 saturated carbocycles. The minimum absolute atomic E-state index is 0.0644. The molecule has 142 valence electrons. The molecule has 0 atom stereocenters. The third-order valence-corrected chi connectivity index (χ3v) is 6.52. The van der Waals surface area contributed by atoms with Crippen LogP contribution in [0.4, 0.5) is 10.1 Å². The summed E-state index contributed by atoms with van der Waals surface area (Å²) in [6.45, 7) is 1.67. The average Bonchev–Trinajstić information content (AvgIpc) is 2.55. The molecular weight excluding hydrogens is 371 g/mol. The highest BCUT2D eigenvalue weighted by atomic mass is 32.2. The smallest absolute Gasteiger partial charge is 0.227 e. The second-order valence-electron chi connectivity index (χ2n) is 6.47. The highest BCUT2D eigenvalue weighted by Crippen LogP contribution is 2.24. The van der Waals surface area contributed by atoms with E-state index in [1.165, 1.54) is 24.0 Å². The molecule has 1 aliphatic rings. The maximum absolute atomic E-state index is 13.0. The van der Waals surface area contributed by atoms with E-state index in [9.17, 15) is 22.4 Å². The second-order valence-corrected chi connectivity index (χ2v) is 8.70. The van der Waals surface area contributed by atoms with E-state index in [0.717, 1.165) is 17.7 Å². The van der Waals surface area contributed by atoms with Gasteiger partial charge in [0.25, 0.3) is 0 Å². The molecule has 2 amide bonds. The molecule has 8 heteroatoms. The van der Waals surface area contributed by atoms with E-state index in [4.69, 9.17) is 0 Å². The van der Waals surface area contributed by atoms with Crippen molar-refractivity contribution in [3.05, 3.63) is 59.9 Å². The predicted octanol–water partition coefficient (Wildman–Crippen LogP) is 2.01. The van der Waals surface area contributed by atoms with Gasteiger partial charge in [0.1, 0.15) is 11.1 Å². The molecule has 2 aromatic carbocycles. The van der Waals surface area contributed by atoms with Gasteiger partial charge in [-0.15, -0.1) is 0 Å². The molecule has 2 aromatic rings. The Labute approximate surface area is 156 Å². The third kappa shape index (κ3) is 4.33. The summed E-state index contributed by atoms with van der Waals surface area (Å²) in [6, 6.07) is 11.6. The van der Waals surface area contributed by atoms with Crippen LogP contribution in [-0.4, -0.2) is 43.5 Å². The number of likely N-dealkylation sites (tertiary alicyclic amines) is 1. The summed E-state index contributed by atoms with van der Waals surface area (Å²) >= 11 is 0. The molecule has 1 heterocycles. The number of carbonyl (C=O) groups is 2. The van der Waals surface area contributed by atoms with Gasteiger partial charge in [0.05, 0.1) is 11.3 Å². The van der Waals surface area contributed by atoms with E-state index in [1.807, 2.05) is 0 Å². The molecule has 0 spiro atoms. The van der Waals surface area contributed by atoms with Crippen molar-refractivity contribution in [2.24, 2.45) is 0 Å². The highest BCUT2D eigenvalue weighted by molar-refractivity contribution is 7.92. The molecule has 27 heavy (non-hydrogen) atoms. The Morgan fingerprint density at radius 1 is 1.07 bits per heavy atom. The van der Waals surface area contributed by atoms with Crippen LogP contribution in [0.1, 0.15) is 12.5 Å². The monoisotopic (exact) mass is 390 g/mol. The van der Waals surface area contributed by atoms with Gasteiger partial charge < -0.3 is 10.2 Å². The van der Waals surface area contributed by atoms with Crippen LogP contribution in [0.25, 0.3) is 0 Å². The summed E-state index contributed by atoms with van der Waals surface area (Å²) in [7, 11) is -3.58. The zero-order valence-corrected chi connectivity index (χ0v) is 15.5. The summed E-state index contributed by atoms with van der Waals surface area (Å²) in [5, 5.41) is 1.98. The molecule has 0 unspecified atom stereocenters. The molecule has 0 radical (unpaired) electrons. The Balaban J connectivity index is 1.56. The molecule has 1 saturated heterocycles. The SMILES string of the molecule is CC(=O)Nc1ccc(CC(=O)N2CC(S(=O)(=O)c3ccc(F)cc3)C2)cc1. The first kappa shape index (κ1) is 19.0. The molecular formula is C19H19FN2O4S. The van der Waals surface area contributed by atoms with Crippen LogP contribution in [0, 0.1) is 5.82 Å². The van der Waals surface area contributed by atoms with E-state index >= 15 is 0 Å². The summed E-state index contributed by atoms with van der Waals surface area (Å²) in [6.07, 6.45) is 0.156. The number of nitrogens with zero attached hydrogens (tertiary/aromatic N) is 1. The van der Waals surface area contributed by atoms with Gasteiger partial charge >= 0.3 is 0 Å². The van der Waals surface area contributed by atoms with Crippen molar-refractivity contribution in [3.8, 4) is 0 Å². The fourth-order valence-corrected chi connectivity index (χ4v) is 4.50. The van der Waals surface area contributed by atoms with Crippen molar-refractivity contribution in [2.45, 2.75) is 23.5 Å². The molecule has 1 fully saturated rings. The Morgan fingerprint density at radius 3 is 2.22 bits per heavy atom. The van der Waals surface area contributed by atoms with Crippen molar-refractivity contribution >= 4 is 27.3 Å². The number of carbonyl (C=O) groups excluding carboxylic acids is 2. The number of hydrogen-bond donors (Lipinski definition) is 1. The Kier molecular flexibility index (Phi) is 5.27. The average molecular weight is 390 g/mol. The maximum Gasteiger partial charge on any atom is 0.227 e. The number of anilines is 1. The molecule has 1 N–H and O–H groups in total. The Hall–Kier alpha value is -2.74. The van der Waals surface area contributed by atoms with Crippen LogP contribution in [0.15, 0.2) is 53.4 Å². The number of nitrogens with one attached hydrogen (secondary N) is 1. The summed E-state index contributed by atoms with van der Waals surface area (Å²) in [4.78, 5) is 24.9. The maximum atomic E-state index is 13.0. The normalized spacial score (nSPS) is 14.5. The largest absolute Gasteiger partial charge is 0.340 e. The lowest BCUT2D eigenvalue weighted by molar-refractivity contribution is -0.133. The molecule has 6 nitrogen and oxygen atoms in total. The van der Waals surface area contributed by atoms with Crippen LogP contribution < -0.4 is 5.32 Å². The lowest BCUT2D eigenvalue weighted by Crippen LogP contribution is -2.57. The van der Waals surface area contributed by atoms with E-state index in [2.05, 4.69) is 5.32 Å². The van der Waals surface area contributed by atoms with Crippen LogP contribution in [0.3, 0.4) is 0 Å². The quantitative estimate of drug-likeness (QED) is 0.792. The van der Waals surface area contributed by atoms with Crippen molar-refractivity contribution in [3.63, 3.8) is 0 Å². The summed E-state index contributed by atoms with van der Waals surface area (Å²) < 4.78 is 37.9. The summed E-state index contributed by atoms with van der Waals surface area (Å²) in [5.41, 5.74) is 1.42. The number of benzene rings is 2. The molecule has 1 aliphatic heterocycles. The fourth-order valence-electron chi connectivity index (χ4n) is 2.85. The van der Waals surface area contributed by atoms with Crippen LogP contribution in [0.2, 0.25) is 0 Å². The second kappa shape index (κ2) is 7.48. The lowest BCUT2D eigenvalue weighted by Gasteiger charge is -2.38. The first-order chi connectivity index (χ1) is 12.8. The van der Waals surface area contributed by atoms with Crippen molar-refractivity contribution in [1.82, 2.24) is 4.90 Å². The topological polar surface area (TPSA) is 83.6 Å². The van der Waals surface area contributed by atoms with Crippen molar-refractivity contribution < 1.29 is 22.4 Å². The molecule has 0 bridgehead atoms. The van der Waals surface area contributed by atoms with Gasteiger partial charge in [-0.2, -0.15) is 0 Å². The van der Waals surface area contributed by atoms with Gasteiger partial charge in [0, 0.05) is 25.7 Å². The van der Waals surface area contributed by atoms with Gasteiger partial charge in [-0.3, -0.25) is 9.59 Å². The minimum Gasteiger partial charge on any atom is -0.340 e. The van der Waals surface area contributed by atoms with Gasteiger partial charge in [-0.05, 0) is 42.0 Å². The zero-order chi connectivity index (χ0) is 19.6. The predicted molar refractivity (Wildman–Crippen MR) is 98.4 cm³/mol. The van der Waals surface area contributed by atoms with Gasteiger partial charge in [0.15, 0.2) is 9.84 Å². The number of halogens is 1. The molecule has 3 rings (SSSR count). The Morgan fingerprint density at radius 2 is 1.67 bits per heavy atom. The number of sulfone groups is 1. The van der Waals surface area contributed by atoms with Gasteiger partial charge in [-0.25, -0.2) is 12.8 Å². The third-order valence-electron chi connectivity index (χ3n) is 4.41. The van der Waals surface area contributed by atoms with E-state index in [1.54, 1.807) is 24.3 Å². The van der Waals surface area contributed by atoms with Gasteiger partial charge in [0.2, 0.25) is 11.8 Å². The van der Waals surface area contributed by atoms with Crippen LogP contribution in [0.5, 0.6) is 0 Å². The van der Waals surface area contributed by atoms with Crippen LogP contribution in [-0.2, 0) is 25.8 Å². The van der Waals surface area contributed by atoms with E-state index in [-0.39, 0.29) is 36.2 Å². The van der Waals surface area contributed by atoms with E-state index in [0.29, 0.717) is 5.69 Å².